The highest BCUT2D eigenvalue weighted by Gasteiger charge is 2.35. The molecule has 1 atom stereocenters. The molecule has 9 heteroatoms. The van der Waals surface area contributed by atoms with Crippen LogP contribution in [-0.4, -0.2) is 35.6 Å². The number of fused-ring (bicyclic) bond motifs is 3. The van der Waals surface area contributed by atoms with Crippen molar-refractivity contribution in [1.82, 2.24) is 10.2 Å². The molecule has 0 spiro atoms. The van der Waals surface area contributed by atoms with Gasteiger partial charge in [0.05, 0.1) is 27.8 Å². The van der Waals surface area contributed by atoms with E-state index in [9.17, 15) is 9.90 Å². The predicted octanol–water partition coefficient (Wildman–Crippen LogP) is 4.39. The third kappa shape index (κ3) is 3.20. The summed E-state index contributed by atoms with van der Waals surface area (Å²) in [6.45, 7) is 7.09. The van der Waals surface area contributed by atoms with Gasteiger partial charge < -0.3 is 20.5 Å². The lowest BCUT2D eigenvalue weighted by atomic mass is 10.00. The van der Waals surface area contributed by atoms with Gasteiger partial charge in [-0.2, -0.15) is 0 Å². The molecule has 1 aromatic carbocycles. The minimum atomic E-state index is -0.701. The lowest BCUT2D eigenvalue weighted by Gasteiger charge is -2.29. The molecule has 2 aliphatic heterocycles. The van der Waals surface area contributed by atoms with Crippen molar-refractivity contribution >= 4 is 45.4 Å². The van der Waals surface area contributed by atoms with Gasteiger partial charge in [0.25, 0.3) is 5.91 Å². The first kappa shape index (κ1) is 19.6. The highest BCUT2D eigenvalue weighted by atomic mass is 35.5. The van der Waals surface area contributed by atoms with E-state index in [0.29, 0.717) is 17.7 Å². The van der Waals surface area contributed by atoms with E-state index in [0.717, 1.165) is 36.6 Å². The van der Waals surface area contributed by atoms with Crippen LogP contribution in [0.25, 0.3) is 0 Å². The Morgan fingerprint density at radius 1 is 1.36 bits per heavy atom. The van der Waals surface area contributed by atoms with Gasteiger partial charge in [-0.15, -0.1) is 11.3 Å². The molecule has 150 valence electrons. The number of hydrogen-bond acceptors (Lipinski definition) is 6. The summed E-state index contributed by atoms with van der Waals surface area (Å²) in [5, 5.41) is 18.1. The standard InChI is InChI=1S/C19H21Cl2N3O3S/c1-3-24-6-5-9-12(8-24)28-19-13(9)18(26)22-17(23-19)14-15(21)10(20)7-11(16(14)25)27-4-2/h7,17,23,25H,3-6,8H2,1-2H3,(H,22,26)/t17-/m0/s1. The molecule has 0 fully saturated rings. The van der Waals surface area contributed by atoms with Gasteiger partial charge in [0.15, 0.2) is 11.5 Å². The van der Waals surface area contributed by atoms with Crippen LogP contribution in [0.5, 0.6) is 11.5 Å². The van der Waals surface area contributed by atoms with Crippen molar-refractivity contribution < 1.29 is 14.6 Å². The maximum absolute atomic E-state index is 12.9. The van der Waals surface area contributed by atoms with E-state index in [4.69, 9.17) is 27.9 Å². The molecule has 2 aromatic rings. The fraction of sp³-hybridized carbons (Fsp3) is 0.421. The number of hydrogen-bond donors (Lipinski definition) is 3. The van der Waals surface area contributed by atoms with Gasteiger partial charge in [-0.3, -0.25) is 9.69 Å². The molecule has 28 heavy (non-hydrogen) atoms. The summed E-state index contributed by atoms with van der Waals surface area (Å²) in [7, 11) is 0. The van der Waals surface area contributed by atoms with Crippen molar-refractivity contribution in [2.45, 2.75) is 33.0 Å². The Hall–Kier alpha value is -1.67. The number of carbonyl (C=O) groups is 1. The quantitative estimate of drug-likeness (QED) is 0.655. The fourth-order valence-electron chi connectivity index (χ4n) is 3.72. The topological polar surface area (TPSA) is 73.8 Å². The number of aromatic hydroxyl groups is 1. The summed E-state index contributed by atoms with van der Waals surface area (Å²) in [6, 6.07) is 1.48. The van der Waals surface area contributed by atoms with Crippen molar-refractivity contribution in [3.8, 4) is 11.5 Å². The summed E-state index contributed by atoms with van der Waals surface area (Å²) in [5.74, 6) is -0.0663. The van der Waals surface area contributed by atoms with Crippen LogP contribution >= 0.6 is 34.5 Å². The Labute approximate surface area is 177 Å². The van der Waals surface area contributed by atoms with Gasteiger partial charge in [0.1, 0.15) is 11.2 Å². The molecule has 6 nitrogen and oxygen atoms in total. The molecular weight excluding hydrogens is 421 g/mol. The van der Waals surface area contributed by atoms with E-state index in [-0.39, 0.29) is 27.5 Å². The number of thiophene rings is 1. The van der Waals surface area contributed by atoms with Gasteiger partial charge in [0.2, 0.25) is 0 Å². The maximum Gasteiger partial charge on any atom is 0.256 e. The first-order valence-electron chi connectivity index (χ1n) is 9.22. The van der Waals surface area contributed by atoms with Crippen molar-refractivity contribution in [1.29, 1.82) is 0 Å². The van der Waals surface area contributed by atoms with E-state index >= 15 is 0 Å². The van der Waals surface area contributed by atoms with E-state index in [1.165, 1.54) is 10.9 Å². The summed E-state index contributed by atoms with van der Waals surface area (Å²) < 4.78 is 5.45. The van der Waals surface area contributed by atoms with Crippen LogP contribution in [0.4, 0.5) is 5.00 Å². The molecule has 0 saturated carbocycles. The Morgan fingerprint density at radius 2 is 2.14 bits per heavy atom. The Bertz CT molecular complexity index is 947. The highest BCUT2D eigenvalue weighted by Crippen LogP contribution is 2.47. The van der Waals surface area contributed by atoms with Crippen LogP contribution in [0, 0.1) is 0 Å². The minimum absolute atomic E-state index is 0.129. The maximum atomic E-state index is 12.9. The average molecular weight is 442 g/mol. The molecule has 3 heterocycles. The summed E-state index contributed by atoms with van der Waals surface area (Å²) in [4.78, 5) is 16.5. The number of halogens is 2. The molecule has 4 rings (SSSR count). The van der Waals surface area contributed by atoms with Crippen molar-refractivity contribution in [3.63, 3.8) is 0 Å². The van der Waals surface area contributed by atoms with Crippen molar-refractivity contribution in [2.75, 3.05) is 25.0 Å². The van der Waals surface area contributed by atoms with Gasteiger partial charge in [-0.25, -0.2) is 0 Å². The van der Waals surface area contributed by atoms with Crippen LogP contribution in [0.15, 0.2) is 6.07 Å². The smallest absolute Gasteiger partial charge is 0.256 e. The molecule has 2 aliphatic rings. The third-order valence-corrected chi connectivity index (χ3v) is 7.09. The molecular formula is C19H21Cl2N3O3S. The van der Waals surface area contributed by atoms with Crippen LogP contribution in [0.2, 0.25) is 10.0 Å². The minimum Gasteiger partial charge on any atom is -0.504 e. The van der Waals surface area contributed by atoms with Crippen LogP contribution in [-0.2, 0) is 13.0 Å². The fourth-order valence-corrected chi connectivity index (χ4v) is 5.49. The number of amides is 1. The first-order chi connectivity index (χ1) is 13.4. The summed E-state index contributed by atoms with van der Waals surface area (Å²) in [6.07, 6.45) is 0.152. The van der Waals surface area contributed by atoms with Gasteiger partial charge >= 0.3 is 0 Å². The van der Waals surface area contributed by atoms with Crippen molar-refractivity contribution in [3.05, 3.63) is 37.7 Å². The number of benzene rings is 1. The molecule has 0 aliphatic carbocycles. The van der Waals surface area contributed by atoms with Gasteiger partial charge in [-0.05, 0) is 25.5 Å². The Morgan fingerprint density at radius 3 is 2.86 bits per heavy atom. The van der Waals surface area contributed by atoms with E-state index < -0.39 is 6.17 Å². The van der Waals surface area contributed by atoms with Gasteiger partial charge in [-0.1, -0.05) is 30.1 Å². The van der Waals surface area contributed by atoms with Crippen LogP contribution in [0.1, 0.15) is 46.4 Å². The lowest BCUT2D eigenvalue weighted by Crippen LogP contribution is -2.39. The Kier molecular flexibility index (Phi) is 5.35. The van der Waals surface area contributed by atoms with Crippen molar-refractivity contribution in [2.24, 2.45) is 0 Å². The molecule has 3 N–H and O–H groups in total. The molecule has 1 amide bonds. The second-order valence-electron chi connectivity index (χ2n) is 6.74. The summed E-state index contributed by atoms with van der Waals surface area (Å²) in [5.41, 5.74) is 2.12. The van der Waals surface area contributed by atoms with E-state index in [2.05, 4.69) is 22.5 Å². The molecule has 1 aromatic heterocycles. The highest BCUT2D eigenvalue weighted by molar-refractivity contribution is 7.16. The number of anilines is 1. The zero-order chi connectivity index (χ0) is 20.0. The second kappa shape index (κ2) is 7.63. The van der Waals surface area contributed by atoms with Crippen LogP contribution < -0.4 is 15.4 Å². The van der Waals surface area contributed by atoms with Crippen LogP contribution in [0.3, 0.4) is 0 Å². The van der Waals surface area contributed by atoms with E-state index in [1.807, 2.05) is 6.92 Å². The summed E-state index contributed by atoms with van der Waals surface area (Å²) >= 11 is 14.2. The largest absolute Gasteiger partial charge is 0.504 e. The molecule has 0 unspecified atom stereocenters. The van der Waals surface area contributed by atoms with Gasteiger partial charge in [0, 0.05) is 24.0 Å². The normalized spacial score (nSPS) is 18.9. The zero-order valence-corrected chi connectivity index (χ0v) is 17.9. The number of nitrogens with one attached hydrogen (secondary N) is 2. The number of phenolic OH excluding ortho intramolecular Hbond substituents is 1. The molecule has 0 radical (unpaired) electrons. The number of likely N-dealkylation sites (N-methyl/N-ethyl adjacent to an activating group) is 1. The number of ether oxygens (including phenoxy) is 1. The predicted molar refractivity (Wildman–Crippen MR) is 112 cm³/mol. The first-order valence-corrected chi connectivity index (χ1v) is 10.8. The number of rotatable bonds is 4. The number of nitrogens with zero attached hydrogens (tertiary/aromatic N) is 1. The monoisotopic (exact) mass is 441 g/mol. The molecule has 0 bridgehead atoms. The lowest BCUT2D eigenvalue weighted by molar-refractivity contribution is 0.0934. The third-order valence-electron chi connectivity index (χ3n) is 5.14. The zero-order valence-electron chi connectivity index (χ0n) is 15.6. The number of phenols is 1. The molecule has 0 saturated heterocycles. The average Bonchev–Trinajstić information content (AvgIpc) is 3.04. The Balaban J connectivity index is 1.73. The van der Waals surface area contributed by atoms with E-state index in [1.54, 1.807) is 11.3 Å². The second-order valence-corrected chi connectivity index (χ2v) is 8.63. The number of carbonyl (C=O) groups excluding carboxylic acids is 1. The SMILES string of the molecule is CCOc1cc(Cl)c(Cl)c([C@H]2NC(=O)c3c(sc4c3CCN(CC)C4)N2)c1O.